The summed E-state index contributed by atoms with van der Waals surface area (Å²) in [5, 5.41) is 22.1. The first-order chi connectivity index (χ1) is 14.0. The van der Waals surface area contributed by atoms with E-state index in [1.54, 1.807) is 12.1 Å². The van der Waals surface area contributed by atoms with E-state index in [1.807, 2.05) is 17.7 Å². The standard InChI is InChI=1S/C20H22N6O3/c1-14-2-7-19-18(12-14)22-23-25(19)16-8-10-24(11-9-16)13-20(27)21-15-3-5-17(6-4-15)26(28)29/h2-7,12,16H,8-11,13H2,1H3,(H,21,27). The number of aryl methyl sites for hydroxylation is 1. The van der Waals surface area contributed by atoms with E-state index < -0.39 is 4.92 Å². The topological polar surface area (TPSA) is 106 Å². The number of nitrogens with one attached hydrogen (secondary N) is 1. The molecular formula is C20H22N6O3. The average Bonchev–Trinajstić information content (AvgIpc) is 3.12. The van der Waals surface area contributed by atoms with E-state index in [1.165, 1.54) is 17.7 Å². The molecule has 1 aromatic heterocycles. The third kappa shape index (κ3) is 4.24. The van der Waals surface area contributed by atoms with Crippen molar-refractivity contribution < 1.29 is 9.72 Å². The smallest absolute Gasteiger partial charge is 0.269 e. The zero-order valence-electron chi connectivity index (χ0n) is 16.1. The van der Waals surface area contributed by atoms with Crippen LogP contribution in [0.1, 0.15) is 24.4 Å². The van der Waals surface area contributed by atoms with Gasteiger partial charge in [-0.3, -0.25) is 19.8 Å². The van der Waals surface area contributed by atoms with Crippen molar-refractivity contribution in [2.75, 3.05) is 25.0 Å². The number of fused-ring (bicyclic) bond motifs is 1. The van der Waals surface area contributed by atoms with E-state index in [4.69, 9.17) is 0 Å². The van der Waals surface area contributed by atoms with Crippen molar-refractivity contribution in [2.24, 2.45) is 0 Å². The van der Waals surface area contributed by atoms with Gasteiger partial charge < -0.3 is 5.32 Å². The predicted molar refractivity (Wildman–Crippen MR) is 109 cm³/mol. The van der Waals surface area contributed by atoms with Gasteiger partial charge in [0, 0.05) is 30.9 Å². The summed E-state index contributed by atoms with van der Waals surface area (Å²) in [5.41, 5.74) is 3.68. The summed E-state index contributed by atoms with van der Waals surface area (Å²) in [5.74, 6) is -0.126. The summed E-state index contributed by atoms with van der Waals surface area (Å²) < 4.78 is 2.00. The molecule has 0 radical (unpaired) electrons. The minimum absolute atomic E-state index is 0.000803. The van der Waals surface area contributed by atoms with Gasteiger partial charge in [0.05, 0.1) is 23.0 Å². The zero-order valence-corrected chi connectivity index (χ0v) is 16.1. The second kappa shape index (κ2) is 7.96. The predicted octanol–water partition coefficient (Wildman–Crippen LogP) is 2.92. The number of non-ortho nitro benzene ring substituents is 1. The molecule has 0 atom stereocenters. The Kier molecular flexibility index (Phi) is 5.22. The highest BCUT2D eigenvalue weighted by atomic mass is 16.6. The number of nitro benzene ring substituents is 1. The molecule has 2 aromatic carbocycles. The fourth-order valence-corrected chi connectivity index (χ4v) is 3.71. The number of anilines is 1. The second-order valence-corrected chi connectivity index (χ2v) is 7.39. The summed E-state index contributed by atoms with van der Waals surface area (Å²) in [7, 11) is 0. The Morgan fingerprint density at radius 1 is 1.21 bits per heavy atom. The fourth-order valence-electron chi connectivity index (χ4n) is 3.71. The fraction of sp³-hybridized carbons (Fsp3) is 0.350. The van der Waals surface area contributed by atoms with Gasteiger partial charge in [0.2, 0.25) is 5.91 Å². The molecule has 9 nitrogen and oxygen atoms in total. The van der Waals surface area contributed by atoms with Crippen LogP contribution < -0.4 is 5.32 Å². The maximum Gasteiger partial charge on any atom is 0.269 e. The van der Waals surface area contributed by atoms with E-state index >= 15 is 0 Å². The van der Waals surface area contributed by atoms with Crippen molar-refractivity contribution in [2.45, 2.75) is 25.8 Å². The first-order valence-corrected chi connectivity index (χ1v) is 9.58. The molecule has 4 rings (SSSR count). The molecule has 150 valence electrons. The summed E-state index contributed by atoms with van der Waals surface area (Å²) in [6, 6.07) is 12.3. The Labute approximate surface area is 167 Å². The van der Waals surface area contributed by atoms with Crippen LogP contribution in [-0.2, 0) is 4.79 Å². The third-order valence-corrected chi connectivity index (χ3v) is 5.26. The Hall–Kier alpha value is -3.33. The van der Waals surface area contributed by atoms with Crippen LogP contribution in [0.5, 0.6) is 0 Å². The SMILES string of the molecule is Cc1ccc2c(c1)nnn2C1CCN(CC(=O)Nc2ccc([N+](=O)[O-])cc2)CC1. The van der Waals surface area contributed by atoms with Crippen molar-refractivity contribution in [3.05, 3.63) is 58.1 Å². The van der Waals surface area contributed by atoms with E-state index in [0.717, 1.165) is 37.0 Å². The molecule has 1 fully saturated rings. The number of hydrogen-bond donors (Lipinski definition) is 1. The van der Waals surface area contributed by atoms with Gasteiger partial charge in [-0.15, -0.1) is 5.10 Å². The minimum Gasteiger partial charge on any atom is -0.325 e. The molecule has 1 aliphatic heterocycles. The van der Waals surface area contributed by atoms with Gasteiger partial charge >= 0.3 is 0 Å². The zero-order chi connectivity index (χ0) is 20.4. The van der Waals surface area contributed by atoms with Gasteiger partial charge in [0.15, 0.2) is 0 Å². The van der Waals surface area contributed by atoms with Gasteiger partial charge in [-0.05, 0) is 49.6 Å². The monoisotopic (exact) mass is 394 g/mol. The number of rotatable bonds is 5. The first-order valence-electron chi connectivity index (χ1n) is 9.58. The largest absolute Gasteiger partial charge is 0.325 e. The highest BCUT2D eigenvalue weighted by molar-refractivity contribution is 5.92. The Bertz CT molecular complexity index is 1040. The Morgan fingerprint density at radius 3 is 2.62 bits per heavy atom. The normalized spacial score (nSPS) is 15.5. The summed E-state index contributed by atoms with van der Waals surface area (Å²) in [6.07, 6.45) is 1.80. The first kappa shape index (κ1) is 19.0. The summed E-state index contributed by atoms with van der Waals surface area (Å²) in [6.45, 7) is 3.93. The molecule has 0 saturated carbocycles. The molecule has 1 aliphatic rings. The van der Waals surface area contributed by atoms with Crippen molar-refractivity contribution in [1.82, 2.24) is 19.9 Å². The van der Waals surface area contributed by atoms with Gasteiger partial charge in [-0.2, -0.15) is 0 Å². The maximum absolute atomic E-state index is 12.3. The molecule has 0 spiro atoms. The van der Waals surface area contributed by atoms with Crippen molar-refractivity contribution in [1.29, 1.82) is 0 Å². The van der Waals surface area contributed by atoms with Gasteiger partial charge in [-0.25, -0.2) is 4.68 Å². The van der Waals surface area contributed by atoms with Crippen LogP contribution >= 0.6 is 0 Å². The Morgan fingerprint density at radius 2 is 1.93 bits per heavy atom. The van der Waals surface area contributed by atoms with E-state index in [0.29, 0.717) is 12.2 Å². The lowest BCUT2D eigenvalue weighted by atomic mass is 10.0. The quantitative estimate of drug-likeness (QED) is 0.527. The van der Waals surface area contributed by atoms with Gasteiger partial charge in [-0.1, -0.05) is 11.3 Å². The van der Waals surface area contributed by atoms with E-state index in [-0.39, 0.29) is 17.6 Å². The number of aromatic nitrogens is 3. The summed E-state index contributed by atoms with van der Waals surface area (Å²) in [4.78, 5) is 24.6. The van der Waals surface area contributed by atoms with Crippen molar-refractivity contribution in [3.8, 4) is 0 Å². The Balaban J connectivity index is 1.31. The van der Waals surface area contributed by atoms with Crippen LogP contribution in [0, 0.1) is 17.0 Å². The highest BCUT2D eigenvalue weighted by Gasteiger charge is 2.24. The minimum atomic E-state index is -0.463. The number of piperidine rings is 1. The lowest BCUT2D eigenvalue weighted by Crippen LogP contribution is -2.39. The van der Waals surface area contributed by atoms with E-state index in [9.17, 15) is 14.9 Å². The molecule has 3 aromatic rings. The van der Waals surface area contributed by atoms with Crippen molar-refractivity contribution >= 4 is 28.3 Å². The number of hydrogen-bond acceptors (Lipinski definition) is 6. The number of carbonyl (C=O) groups excluding carboxylic acids is 1. The number of nitro groups is 1. The lowest BCUT2D eigenvalue weighted by molar-refractivity contribution is -0.384. The molecule has 1 amide bonds. The molecule has 29 heavy (non-hydrogen) atoms. The number of likely N-dealkylation sites (tertiary alicyclic amines) is 1. The number of benzene rings is 2. The van der Waals surface area contributed by atoms with Crippen LogP contribution in [0.2, 0.25) is 0 Å². The molecule has 2 heterocycles. The van der Waals surface area contributed by atoms with Gasteiger partial charge in [0.1, 0.15) is 5.52 Å². The lowest BCUT2D eigenvalue weighted by Gasteiger charge is -2.31. The third-order valence-electron chi connectivity index (χ3n) is 5.26. The number of carbonyl (C=O) groups is 1. The number of amides is 1. The molecule has 0 aliphatic carbocycles. The average molecular weight is 394 g/mol. The molecular weight excluding hydrogens is 372 g/mol. The van der Waals surface area contributed by atoms with Crippen molar-refractivity contribution in [3.63, 3.8) is 0 Å². The van der Waals surface area contributed by atoms with E-state index in [2.05, 4.69) is 32.7 Å². The maximum atomic E-state index is 12.3. The van der Waals surface area contributed by atoms with Gasteiger partial charge in [0.25, 0.3) is 5.69 Å². The molecule has 9 heteroatoms. The van der Waals surface area contributed by atoms with Crippen LogP contribution in [-0.4, -0.2) is 50.4 Å². The summed E-state index contributed by atoms with van der Waals surface area (Å²) >= 11 is 0. The highest BCUT2D eigenvalue weighted by Crippen LogP contribution is 2.25. The molecule has 1 saturated heterocycles. The van der Waals surface area contributed by atoms with Crippen LogP contribution in [0.3, 0.4) is 0 Å². The molecule has 0 unspecified atom stereocenters. The number of nitrogens with zero attached hydrogens (tertiary/aromatic N) is 5. The molecule has 0 bridgehead atoms. The van der Waals surface area contributed by atoms with Crippen LogP contribution in [0.25, 0.3) is 11.0 Å². The second-order valence-electron chi connectivity index (χ2n) is 7.39. The molecule has 1 N–H and O–H groups in total. The van der Waals surface area contributed by atoms with Crippen LogP contribution in [0.15, 0.2) is 42.5 Å². The van der Waals surface area contributed by atoms with Crippen LogP contribution in [0.4, 0.5) is 11.4 Å².